The maximum Gasteiger partial charge on any atom is 0.321 e. The summed E-state index contributed by atoms with van der Waals surface area (Å²) in [5.41, 5.74) is 0. The molecule has 3 N–H and O–H groups in total. The van der Waals surface area contributed by atoms with E-state index in [2.05, 4.69) is 5.32 Å². The molecule has 0 saturated heterocycles. The minimum Gasteiger partial charge on any atom is -0.480 e. The van der Waals surface area contributed by atoms with Gasteiger partial charge in [0.2, 0.25) is 0 Å². The maximum absolute atomic E-state index is 10.4. The molecule has 0 saturated carbocycles. The SMILES string of the molecule is CN[C@H](CSCC=N)C(=O)O. The van der Waals surface area contributed by atoms with Gasteiger partial charge in [0.15, 0.2) is 0 Å². The molecule has 4 nitrogen and oxygen atoms in total. The second kappa shape index (κ2) is 6.18. The summed E-state index contributed by atoms with van der Waals surface area (Å²) in [6, 6.07) is -0.500. The van der Waals surface area contributed by atoms with Gasteiger partial charge in [0.1, 0.15) is 6.04 Å². The van der Waals surface area contributed by atoms with E-state index in [0.717, 1.165) is 0 Å². The molecule has 0 aliphatic rings. The van der Waals surface area contributed by atoms with Crippen LogP contribution in [0, 0.1) is 5.41 Å². The molecule has 5 heteroatoms. The fourth-order valence-electron chi connectivity index (χ4n) is 0.523. The maximum atomic E-state index is 10.4. The summed E-state index contributed by atoms with van der Waals surface area (Å²) < 4.78 is 0. The van der Waals surface area contributed by atoms with Gasteiger partial charge in [0, 0.05) is 17.7 Å². The minimum absolute atomic E-state index is 0.500. The van der Waals surface area contributed by atoms with E-state index in [0.29, 0.717) is 11.5 Å². The van der Waals surface area contributed by atoms with Crippen molar-refractivity contribution < 1.29 is 9.90 Å². The zero-order chi connectivity index (χ0) is 8.69. The lowest BCUT2D eigenvalue weighted by Crippen LogP contribution is -2.36. The summed E-state index contributed by atoms with van der Waals surface area (Å²) in [5, 5.41) is 17.9. The van der Waals surface area contributed by atoms with Crippen molar-refractivity contribution in [2.75, 3.05) is 18.6 Å². The molecule has 0 aromatic carbocycles. The van der Waals surface area contributed by atoms with Gasteiger partial charge < -0.3 is 15.8 Å². The Labute approximate surface area is 69.9 Å². The van der Waals surface area contributed by atoms with E-state index in [9.17, 15) is 4.79 Å². The lowest BCUT2D eigenvalue weighted by molar-refractivity contribution is -0.138. The predicted octanol–water partition coefficient (Wildman–Crippen LogP) is 0.0418. The van der Waals surface area contributed by atoms with Crippen LogP contribution in [0.3, 0.4) is 0 Å². The molecule has 0 aliphatic heterocycles. The molecule has 0 bridgehead atoms. The van der Waals surface area contributed by atoms with E-state index in [1.165, 1.54) is 18.0 Å². The molecule has 0 unspecified atom stereocenters. The highest BCUT2D eigenvalue weighted by Gasteiger charge is 2.13. The molecule has 0 aromatic rings. The zero-order valence-corrected chi connectivity index (χ0v) is 7.15. The standard InChI is InChI=1S/C6H12N2O2S/c1-8-5(6(9)10)4-11-3-2-7/h2,5,7-8H,3-4H2,1H3,(H,9,10)/t5-/m1/s1. The zero-order valence-electron chi connectivity index (χ0n) is 6.33. The van der Waals surface area contributed by atoms with Crippen molar-refractivity contribution in [2.45, 2.75) is 6.04 Å². The fraction of sp³-hybridized carbons (Fsp3) is 0.667. The molecule has 0 aliphatic carbocycles. The van der Waals surface area contributed by atoms with Gasteiger partial charge in [0.25, 0.3) is 0 Å². The fourth-order valence-corrected chi connectivity index (χ4v) is 1.32. The molecule has 1 atom stereocenters. The van der Waals surface area contributed by atoms with E-state index in [4.69, 9.17) is 10.5 Å². The van der Waals surface area contributed by atoms with Crippen LogP contribution in [0.5, 0.6) is 0 Å². The van der Waals surface area contributed by atoms with E-state index in [1.807, 2.05) is 0 Å². The highest BCUT2D eigenvalue weighted by Crippen LogP contribution is 2.00. The topological polar surface area (TPSA) is 73.2 Å². The predicted molar refractivity (Wildman–Crippen MR) is 46.6 cm³/mol. The summed E-state index contributed by atoms with van der Waals surface area (Å²) in [6.45, 7) is 0. The molecule has 0 aromatic heterocycles. The molecule has 0 amide bonds. The van der Waals surface area contributed by atoms with Crippen LogP contribution in [0.1, 0.15) is 0 Å². The minimum atomic E-state index is -0.843. The normalized spacial score (nSPS) is 12.5. The number of thioether (sulfide) groups is 1. The van der Waals surface area contributed by atoms with Crippen molar-refractivity contribution >= 4 is 23.9 Å². The second-order valence-electron chi connectivity index (χ2n) is 1.92. The van der Waals surface area contributed by atoms with Crippen LogP contribution in [0.15, 0.2) is 0 Å². The third-order valence-electron chi connectivity index (χ3n) is 1.13. The number of nitrogens with one attached hydrogen (secondary N) is 2. The second-order valence-corrected chi connectivity index (χ2v) is 3.00. The Morgan fingerprint density at radius 2 is 2.55 bits per heavy atom. The van der Waals surface area contributed by atoms with Crippen LogP contribution in [-0.2, 0) is 4.79 Å². The Hall–Kier alpha value is -0.550. The molecular formula is C6H12N2O2S. The summed E-state index contributed by atoms with van der Waals surface area (Å²) in [6.07, 6.45) is 1.26. The van der Waals surface area contributed by atoms with Gasteiger partial charge in [0.05, 0.1) is 0 Å². The third-order valence-corrected chi connectivity index (χ3v) is 2.10. The van der Waals surface area contributed by atoms with Gasteiger partial charge in [-0.3, -0.25) is 4.79 Å². The Morgan fingerprint density at radius 1 is 1.91 bits per heavy atom. The molecule has 11 heavy (non-hydrogen) atoms. The Kier molecular flexibility index (Phi) is 5.87. The van der Waals surface area contributed by atoms with Gasteiger partial charge in [-0.05, 0) is 7.05 Å². The van der Waals surface area contributed by atoms with E-state index < -0.39 is 12.0 Å². The van der Waals surface area contributed by atoms with Crippen LogP contribution in [0.2, 0.25) is 0 Å². The van der Waals surface area contributed by atoms with Crippen molar-refractivity contribution in [3.63, 3.8) is 0 Å². The lowest BCUT2D eigenvalue weighted by atomic mass is 10.3. The smallest absolute Gasteiger partial charge is 0.321 e. The number of hydrogen-bond donors (Lipinski definition) is 3. The van der Waals surface area contributed by atoms with Crippen molar-refractivity contribution in [2.24, 2.45) is 0 Å². The van der Waals surface area contributed by atoms with Gasteiger partial charge in [-0.15, -0.1) is 0 Å². The Morgan fingerprint density at radius 3 is 2.91 bits per heavy atom. The van der Waals surface area contributed by atoms with E-state index in [-0.39, 0.29) is 0 Å². The monoisotopic (exact) mass is 176 g/mol. The Balaban J connectivity index is 3.52. The number of rotatable bonds is 6. The molecule has 64 valence electrons. The number of aliphatic carboxylic acids is 1. The number of likely N-dealkylation sites (N-methyl/N-ethyl adjacent to an activating group) is 1. The summed E-state index contributed by atoms with van der Waals surface area (Å²) in [4.78, 5) is 10.4. The summed E-state index contributed by atoms with van der Waals surface area (Å²) >= 11 is 1.43. The highest BCUT2D eigenvalue weighted by atomic mass is 32.2. The van der Waals surface area contributed by atoms with Crippen LogP contribution in [0.4, 0.5) is 0 Å². The van der Waals surface area contributed by atoms with Gasteiger partial charge >= 0.3 is 5.97 Å². The molecular weight excluding hydrogens is 164 g/mol. The third kappa shape index (κ3) is 4.80. The first-order chi connectivity index (χ1) is 5.22. The first-order valence-corrected chi connectivity index (χ1v) is 4.34. The molecule has 0 spiro atoms. The van der Waals surface area contributed by atoms with Crippen LogP contribution < -0.4 is 5.32 Å². The number of hydrogen-bond acceptors (Lipinski definition) is 4. The average Bonchev–Trinajstić information content (AvgIpc) is 1.97. The van der Waals surface area contributed by atoms with E-state index in [1.54, 1.807) is 7.05 Å². The summed E-state index contributed by atoms with van der Waals surface area (Å²) in [7, 11) is 1.61. The quantitative estimate of drug-likeness (QED) is 0.394. The molecule has 0 heterocycles. The largest absolute Gasteiger partial charge is 0.480 e. The van der Waals surface area contributed by atoms with E-state index >= 15 is 0 Å². The molecule has 0 radical (unpaired) electrons. The van der Waals surface area contributed by atoms with Crippen molar-refractivity contribution in [1.29, 1.82) is 5.41 Å². The number of carbonyl (C=O) groups is 1. The molecule has 0 fully saturated rings. The van der Waals surface area contributed by atoms with Crippen LogP contribution >= 0.6 is 11.8 Å². The van der Waals surface area contributed by atoms with Gasteiger partial charge in [-0.2, -0.15) is 11.8 Å². The number of carboxylic acid groups (broad SMARTS) is 1. The van der Waals surface area contributed by atoms with Crippen LogP contribution in [-0.4, -0.2) is 41.9 Å². The molecule has 0 rings (SSSR count). The van der Waals surface area contributed by atoms with Crippen molar-refractivity contribution in [1.82, 2.24) is 5.32 Å². The summed E-state index contributed by atoms with van der Waals surface area (Å²) in [5.74, 6) is 0.233. The van der Waals surface area contributed by atoms with Crippen molar-refractivity contribution in [3.05, 3.63) is 0 Å². The van der Waals surface area contributed by atoms with Crippen molar-refractivity contribution in [3.8, 4) is 0 Å². The Bertz CT molecular complexity index is 141. The average molecular weight is 176 g/mol. The number of carboxylic acids is 1. The highest BCUT2D eigenvalue weighted by molar-refractivity contribution is 7.99. The van der Waals surface area contributed by atoms with Gasteiger partial charge in [-0.25, -0.2) is 0 Å². The lowest BCUT2D eigenvalue weighted by Gasteiger charge is -2.08. The van der Waals surface area contributed by atoms with Gasteiger partial charge in [-0.1, -0.05) is 0 Å². The first-order valence-electron chi connectivity index (χ1n) is 3.19. The van der Waals surface area contributed by atoms with Crippen LogP contribution in [0.25, 0.3) is 0 Å². The first kappa shape index (κ1) is 10.4.